The Bertz CT molecular complexity index is 1850. The number of rotatable bonds is 7. The zero-order valence-electron chi connectivity index (χ0n) is 21.8. The first-order valence-corrected chi connectivity index (χ1v) is 14.4. The predicted molar refractivity (Wildman–Crippen MR) is 161 cm³/mol. The average Bonchev–Trinajstić information content (AvgIpc) is 3.29. The summed E-state index contributed by atoms with van der Waals surface area (Å²) in [6.45, 7) is 2.21. The second-order valence-electron chi connectivity index (χ2n) is 8.95. The van der Waals surface area contributed by atoms with E-state index in [9.17, 15) is 14.9 Å². The van der Waals surface area contributed by atoms with Gasteiger partial charge in [-0.1, -0.05) is 72.9 Å². The zero-order chi connectivity index (χ0) is 28.2. The predicted octanol–water partition coefficient (Wildman–Crippen LogP) is 4.85. The molecule has 9 heteroatoms. The molecule has 1 aliphatic rings. The fourth-order valence-electron chi connectivity index (χ4n) is 4.60. The summed E-state index contributed by atoms with van der Waals surface area (Å²) in [5, 5.41) is 9.32. The van der Waals surface area contributed by atoms with Crippen LogP contribution in [0.1, 0.15) is 41.6 Å². The number of ether oxygens (including phenoxy) is 2. The molecule has 4 aromatic rings. The van der Waals surface area contributed by atoms with Crippen LogP contribution in [0.15, 0.2) is 93.9 Å². The van der Waals surface area contributed by atoms with Crippen LogP contribution in [0.2, 0.25) is 0 Å². The number of carbonyl (C=O) groups is 1. The van der Waals surface area contributed by atoms with Gasteiger partial charge in [0.25, 0.3) is 5.56 Å². The zero-order valence-corrected chi connectivity index (χ0v) is 24.7. The highest BCUT2D eigenvalue weighted by Crippen LogP contribution is 2.31. The molecule has 5 rings (SSSR count). The van der Waals surface area contributed by atoms with Gasteiger partial charge in [-0.25, -0.2) is 9.79 Å². The number of halogens is 1. The van der Waals surface area contributed by atoms with E-state index < -0.39 is 12.0 Å². The number of esters is 1. The second-order valence-corrected chi connectivity index (χ2v) is 11.1. The highest BCUT2D eigenvalue weighted by atomic mass is 127. The van der Waals surface area contributed by atoms with Crippen LogP contribution >= 0.6 is 33.9 Å². The Morgan fingerprint density at radius 2 is 1.90 bits per heavy atom. The van der Waals surface area contributed by atoms with E-state index in [0.29, 0.717) is 38.3 Å². The van der Waals surface area contributed by atoms with Crippen LogP contribution in [0.3, 0.4) is 0 Å². The summed E-state index contributed by atoms with van der Waals surface area (Å²) in [5.74, 6) is 0.192. The van der Waals surface area contributed by atoms with Crippen molar-refractivity contribution in [1.29, 1.82) is 5.26 Å². The van der Waals surface area contributed by atoms with Gasteiger partial charge >= 0.3 is 5.97 Å². The normalized spacial score (nSPS) is 14.8. The van der Waals surface area contributed by atoms with Crippen LogP contribution in [0, 0.1) is 14.9 Å². The van der Waals surface area contributed by atoms with Crippen LogP contribution in [-0.4, -0.2) is 17.6 Å². The van der Waals surface area contributed by atoms with Gasteiger partial charge in [-0.2, -0.15) is 5.26 Å². The lowest BCUT2D eigenvalue weighted by atomic mass is 9.95. The Morgan fingerprint density at radius 1 is 1.15 bits per heavy atom. The molecule has 0 fully saturated rings. The lowest BCUT2D eigenvalue weighted by molar-refractivity contribution is -0.136. The Balaban J connectivity index is 1.53. The standard InChI is InChI=1S/C31H24IN3O4S/c1-3-24-27(30(37)38-2)28(20-9-5-4-6-10-20)35-29(36)26(40-31(35)34-24)16-19-13-14-25(23(32)15-19)39-18-22-12-8-7-11-21(22)17-33/h4-16,28H,3,18H2,1-2H3/b26-16-/t28-/m0/s1. The molecule has 200 valence electrons. The number of aromatic nitrogens is 1. The van der Waals surface area contributed by atoms with Crippen LogP contribution in [0.5, 0.6) is 5.75 Å². The lowest BCUT2D eigenvalue weighted by Gasteiger charge is -2.25. The third kappa shape index (κ3) is 5.37. The maximum absolute atomic E-state index is 13.8. The average molecular weight is 662 g/mol. The van der Waals surface area contributed by atoms with Gasteiger partial charge in [0.05, 0.1) is 44.2 Å². The molecule has 0 spiro atoms. The van der Waals surface area contributed by atoms with Crippen LogP contribution < -0.4 is 19.6 Å². The molecule has 0 saturated carbocycles. The first-order valence-electron chi connectivity index (χ1n) is 12.5. The topological polar surface area (TPSA) is 93.7 Å². The summed E-state index contributed by atoms with van der Waals surface area (Å²) >= 11 is 3.50. The van der Waals surface area contributed by atoms with Crippen molar-refractivity contribution in [3.05, 3.63) is 130 Å². The number of methoxy groups -OCH3 is 1. The molecule has 0 radical (unpaired) electrons. The van der Waals surface area contributed by atoms with E-state index in [1.807, 2.05) is 79.7 Å². The molecule has 0 bridgehead atoms. The fraction of sp³-hybridized carbons (Fsp3) is 0.161. The van der Waals surface area contributed by atoms with Gasteiger partial charge in [0.15, 0.2) is 4.80 Å². The highest BCUT2D eigenvalue weighted by Gasteiger charge is 2.33. The first kappa shape index (κ1) is 27.6. The smallest absolute Gasteiger partial charge is 0.338 e. The molecular formula is C31H24IN3O4S. The number of nitriles is 1. The molecule has 0 N–H and O–H groups in total. The number of hydrogen-bond donors (Lipinski definition) is 0. The maximum atomic E-state index is 13.8. The van der Waals surface area contributed by atoms with Gasteiger partial charge in [-0.15, -0.1) is 0 Å². The summed E-state index contributed by atoms with van der Waals surface area (Å²) in [4.78, 5) is 31.9. The molecule has 1 atom stereocenters. The van der Waals surface area contributed by atoms with E-state index in [4.69, 9.17) is 14.5 Å². The van der Waals surface area contributed by atoms with Crippen molar-refractivity contribution >= 4 is 46.0 Å². The highest BCUT2D eigenvalue weighted by molar-refractivity contribution is 14.1. The third-order valence-electron chi connectivity index (χ3n) is 6.54. The number of hydrogen-bond acceptors (Lipinski definition) is 7. The minimum atomic E-state index is -0.630. The van der Waals surface area contributed by atoms with Gasteiger partial charge < -0.3 is 9.47 Å². The minimum Gasteiger partial charge on any atom is -0.488 e. The van der Waals surface area contributed by atoms with Crippen molar-refractivity contribution < 1.29 is 14.3 Å². The Hall–Kier alpha value is -4.01. The molecule has 0 unspecified atom stereocenters. The largest absolute Gasteiger partial charge is 0.488 e. The molecule has 40 heavy (non-hydrogen) atoms. The number of nitrogens with zero attached hydrogens (tertiary/aromatic N) is 3. The van der Waals surface area contributed by atoms with E-state index in [2.05, 4.69) is 28.7 Å². The van der Waals surface area contributed by atoms with Crippen molar-refractivity contribution in [2.24, 2.45) is 4.99 Å². The molecule has 7 nitrogen and oxygen atoms in total. The SMILES string of the molecule is CCC1=C(C(=O)OC)[C@H](c2ccccc2)n2c(s/c(=C\c3ccc(OCc4ccccc4C#N)c(I)c3)c2=O)=N1. The van der Waals surface area contributed by atoms with Gasteiger partial charge in [-0.3, -0.25) is 9.36 Å². The third-order valence-corrected chi connectivity index (χ3v) is 8.37. The molecule has 3 aromatic carbocycles. The van der Waals surface area contributed by atoms with Crippen LogP contribution in [0.4, 0.5) is 0 Å². The van der Waals surface area contributed by atoms with E-state index in [0.717, 1.165) is 20.3 Å². The summed E-state index contributed by atoms with van der Waals surface area (Å²) in [7, 11) is 1.34. The minimum absolute atomic E-state index is 0.224. The summed E-state index contributed by atoms with van der Waals surface area (Å²) in [5.41, 5.74) is 3.81. The van der Waals surface area contributed by atoms with Crippen molar-refractivity contribution in [3.8, 4) is 11.8 Å². The van der Waals surface area contributed by atoms with Crippen LogP contribution in [-0.2, 0) is 16.1 Å². The summed E-state index contributed by atoms with van der Waals surface area (Å²) < 4.78 is 14.1. The number of allylic oxidation sites excluding steroid dienone is 1. The lowest BCUT2D eigenvalue weighted by Crippen LogP contribution is -2.40. The van der Waals surface area contributed by atoms with Gasteiger partial charge in [-0.05, 0) is 64.4 Å². The quantitative estimate of drug-likeness (QED) is 0.209. The number of benzene rings is 3. The molecule has 0 saturated heterocycles. The van der Waals surface area contributed by atoms with E-state index in [-0.39, 0.29) is 12.2 Å². The van der Waals surface area contributed by atoms with Crippen molar-refractivity contribution in [1.82, 2.24) is 4.57 Å². The van der Waals surface area contributed by atoms with E-state index in [1.54, 1.807) is 10.6 Å². The molecule has 0 aliphatic carbocycles. The number of thiazole rings is 1. The Morgan fingerprint density at radius 3 is 2.60 bits per heavy atom. The molecule has 1 aliphatic heterocycles. The molecule has 0 amide bonds. The van der Waals surface area contributed by atoms with Crippen molar-refractivity contribution in [2.45, 2.75) is 26.0 Å². The molecule has 2 heterocycles. The molecule has 1 aromatic heterocycles. The van der Waals surface area contributed by atoms with Crippen LogP contribution in [0.25, 0.3) is 6.08 Å². The monoisotopic (exact) mass is 661 g/mol. The summed E-state index contributed by atoms with van der Waals surface area (Å²) in [6, 6.07) is 24.1. The first-order chi connectivity index (χ1) is 19.4. The Labute approximate surface area is 248 Å². The summed E-state index contributed by atoms with van der Waals surface area (Å²) in [6.07, 6.45) is 2.35. The number of carbonyl (C=O) groups excluding carboxylic acids is 1. The van der Waals surface area contributed by atoms with Crippen molar-refractivity contribution in [2.75, 3.05) is 7.11 Å². The molecular weight excluding hydrogens is 637 g/mol. The van der Waals surface area contributed by atoms with E-state index in [1.165, 1.54) is 18.4 Å². The Kier molecular flexibility index (Phi) is 8.28. The van der Waals surface area contributed by atoms with Gasteiger partial charge in [0.1, 0.15) is 12.4 Å². The second kappa shape index (κ2) is 12.0. The van der Waals surface area contributed by atoms with Gasteiger partial charge in [0.2, 0.25) is 0 Å². The van der Waals surface area contributed by atoms with E-state index >= 15 is 0 Å². The van der Waals surface area contributed by atoms with Gasteiger partial charge in [0, 0.05) is 5.56 Å². The number of fused-ring (bicyclic) bond motifs is 1. The fourth-order valence-corrected chi connectivity index (χ4v) is 6.32. The maximum Gasteiger partial charge on any atom is 0.338 e. The van der Waals surface area contributed by atoms with Crippen molar-refractivity contribution in [3.63, 3.8) is 0 Å².